The Balaban J connectivity index is 1.22. The number of rotatable bonds is 7. The van der Waals surface area contributed by atoms with Gasteiger partial charge >= 0.3 is 12.1 Å². The van der Waals surface area contributed by atoms with E-state index < -0.39 is 12.1 Å². The monoisotopic (exact) mass is 419 g/mol. The molecule has 162 valence electrons. The maximum absolute atomic E-state index is 12.7. The fraction of sp³-hybridized carbons (Fsp3) is 0.462. The number of fused-ring (bicyclic) bond motifs is 3. The summed E-state index contributed by atoms with van der Waals surface area (Å²) in [5, 5.41) is 2.80. The van der Waals surface area contributed by atoms with E-state index in [-0.39, 0.29) is 24.6 Å². The molecule has 0 spiro atoms. The van der Waals surface area contributed by atoms with Crippen LogP contribution in [0.15, 0.2) is 48.5 Å². The predicted molar refractivity (Wildman–Crippen MR) is 118 cm³/mol. The molecule has 3 aliphatic rings. The number of alkyl carbamates (subject to hydrolysis) is 1. The van der Waals surface area contributed by atoms with Crippen LogP contribution in [0.5, 0.6) is 0 Å². The molecule has 5 heteroatoms. The highest BCUT2D eigenvalue weighted by molar-refractivity contribution is 5.82. The zero-order chi connectivity index (χ0) is 21.2. The summed E-state index contributed by atoms with van der Waals surface area (Å²) in [4.78, 5) is 25.3. The molecule has 0 aromatic heterocycles. The number of carbonyl (C=O) groups excluding carboxylic acids is 2. The second-order valence-electron chi connectivity index (χ2n) is 9.04. The molecule has 2 saturated carbocycles. The van der Waals surface area contributed by atoms with Gasteiger partial charge in [-0.1, -0.05) is 61.4 Å². The Bertz CT molecular complexity index is 916. The molecule has 2 aromatic carbocycles. The molecule has 0 heterocycles. The fourth-order valence-corrected chi connectivity index (χ4v) is 4.94. The van der Waals surface area contributed by atoms with E-state index in [1.165, 1.54) is 22.3 Å². The van der Waals surface area contributed by atoms with Gasteiger partial charge in [-0.15, -0.1) is 0 Å². The minimum atomic E-state index is -0.622. The molecular formula is C26H29NO4. The van der Waals surface area contributed by atoms with Gasteiger partial charge in [-0.3, -0.25) is 0 Å². The van der Waals surface area contributed by atoms with Gasteiger partial charge in [0.15, 0.2) is 0 Å². The number of benzene rings is 2. The van der Waals surface area contributed by atoms with Gasteiger partial charge < -0.3 is 14.8 Å². The number of esters is 1. The van der Waals surface area contributed by atoms with Crippen LogP contribution in [0, 0.1) is 5.92 Å². The SMILES string of the molecule is O=C(N[C@@H](CC1CC1)C(=O)OC1CCCC1)OCC1c2ccccc2-c2ccccc21. The van der Waals surface area contributed by atoms with Crippen LogP contribution in [0.4, 0.5) is 4.79 Å². The Morgan fingerprint density at radius 3 is 2.13 bits per heavy atom. The summed E-state index contributed by atoms with van der Waals surface area (Å²) < 4.78 is 11.3. The standard InChI is InChI=1S/C26H29NO4/c28-25(31-18-7-1-2-8-18)24(15-17-13-14-17)27-26(29)30-16-23-21-11-5-3-9-19(21)20-10-4-6-12-22(20)23/h3-6,9-12,17-18,23-24H,1-2,7-8,13-16H2,(H,27,29)/t24-/m0/s1. The molecule has 0 radical (unpaired) electrons. The van der Waals surface area contributed by atoms with Gasteiger partial charge in [-0.05, 0) is 60.3 Å². The Morgan fingerprint density at radius 1 is 0.903 bits per heavy atom. The third-order valence-corrected chi connectivity index (χ3v) is 6.77. The minimum Gasteiger partial charge on any atom is -0.461 e. The zero-order valence-electron chi connectivity index (χ0n) is 17.7. The van der Waals surface area contributed by atoms with E-state index in [1.54, 1.807) is 0 Å². The van der Waals surface area contributed by atoms with E-state index in [4.69, 9.17) is 9.47 Å². The average Bonchev–Trinajstić information content (AvgIpc) is 3.35. The number of ether oxygens (including phenoxy) is 2. The van der Waals surface area contributed by atoms with E-state index in [0.717, 1.165) is 38.5 Å². The molecule has 3 aliphatic carbocycles. The highest BCUT2D eigenvalue weighted by Gasteiger charge is 2.34. The smallest absolute Gasteiger partial charge is 0.407 e. The van der Waals surface area contributed by atoms with Crippen LogP contribution < -0.4 is 5.32 Å². The highest BCUT2D eigenvalue weighted by atomic mass is 16.6. The first kappa shape index (κ1) is 20.1. The van der Waals surface area contributed by atoms with Crippen molar-refractivity contribution in [1.82, 2.24) is 5.32 Å². The van der Waals surface area contributed by atoms with Gasteiger partial charge in [0, 0.05) is 5.92 Å². The van der Waals surface area contributed by atoms with Crippen LogP contribution in [-0.4, -0.2) is 30.8 Å². The predicted octanol–water partition coefficient (Wildman–Crippen LogP) is 5.18. The van der Waals surface area contributed by atoms with Gasteiger partial charge in [-0.2, -0.15) is 0 Å². The lowest BCUT2D eigenvalue weighted by molar-refractivity contribution is -0.151. The molecule has 31 heavy (non-hydrogen) atoms. The zero-order valence-corrected chi connectivity index (χ0v) is 17.7. The molecule has 1 amide bonds. The van der Waals surface area contributed by atoms with Crippen molar-refractivity contribution in [3.63, 3.8) is 0 Å². The number of carbonyl (C=O) groups is 2. The molecule has 0 unspecified atom stereocenters. The second-order valence-corrected chi connectivity index (χ2v) is 9.04. The van der Waals surface area contributed by atoms with Crippen molar-refractivity contribution in [3.05, 3.63) is 59.7 Å². The minimum absolute atomic E-state index is 0.00137. The van der Waals surface area contributed by atoms with Crippen molar-refractivity contribution >= 4 is 12.1 Å². The summed E-state index contributed by atoms with van der Waals surface area (Å²) in [6, 6.07) is 15.9. The highest BCUT2D eigenvalue weighted by Crippen LogP contribution is 2.44. The first-order chi connectivity index (χ1) is 15.2. The maximum Gasteiger partial charge on any atom is 0.407 e. The molecule has 0 aliphatic heterocycles. The lowest BCUT2D eigenvalue weighted by Gasteiger charge is -2.21. The Labute approximate surface area is 183 Å². The lowest BCUT2D eigenvalue weighted by Crippen LogP contribution is -2.43. The fourth-order valence-electron chi connectivity index (χ4n) is 4.94. The molecule has 1 N–H and O–H groups in total. The number of hydrogen-bond donors (Lipinski definition) is 1. The van der Waals surface area contributed by atoms with Crippen molar-refractivity contribution in [2.24, 2.45) is 5.92 Å². The van der Waals surface area contributed by atoms with Gasteiger partial charge in [0.05, 0.1) is 0 Å². The van der Waals surface area contributed by atoms with Gasteiger partial charge in [0.25, 0.3) is 0 Å². The van der Waals surface area contributed by atoms with E-state index in [0.29, 0.717) is 12.3 Å². The van der Waals surface area contributed by atoms with E-state index >= 15 is 0 Å². The van der Waals surface area contributed by atoms with E-state index in [2.05, 4.69) is 29.6 Å². The summed E-state index contributed by atoms with van der Waals surface area (Å²) in [6.07, 6.45) is 6.36. The summed E-state index contributed by atoms with van der Waals surface area (Å²) >= 11 is 0. The molecule has 1 atom stereocenters. The Morgan fingerprint density at radius 2 is 1.52 bits per heavy atom. The molecular weight excluding hydrogens is 390 g/mol. The Kier molecular flexibility index (Phi) is 5.66. The van der Waals surface area contributed by atoms with Crippen LogP contribution >= 0.6 is 0 Å². The molecule has 2 aromatic rings. The van der Waals surface area contributed by atoms with Crippen molar-refractivity contribution in [3.8, 4) is 11.1 Å². The van der Waals surface area contributed by atoms with Gasteiger partial charge in [0.1, 0.15) is 18.8 Å². The maximum atomic E-state index is 12.7. The molecule has 5 nitrogen and oxygen atoms in total. The van der Waals surface area contributed by atoms with Crippen LogP contribution in [0.2, 0.25) is 0 Å². The van der Waals surface area contributed by atoms with Crippen molar-refractivity contribution in [2.75, 3.05) is 6.61 Å². The first-order valence-electron chi connectivity index (χ1n) is 11.5. The Hall–Kier alpha value is -2.82. The van der Waals surface area contributed by atoms with Gasteiger partial charge in [-0.25, -0.2) is 9.59 Å². The third-order valence-electron chi connectivity index (χ3n) is 6.77. The first-order valence-corrected chi connectivity index (χ1v) is 11.5. The average molecular weight is 420 g/mol. The lowest BCUT2D eigenvalue weighted by atomic mass is 9.98. The van der Waals surface area contributed by atoms with Crippen LogP contribution in [0.3, 0.4) is 0 Å². The normalized spacial score (nSPS) is 18.8. The number of hydrogen-bond acceptors (Lipinski definition) is 4. The van der Waals surface area contributed by atoms with Gasteiger partial charge in [0.2, 0.25) is 0 Å². The van der Waals surface area contributed by atoms with Crippen molar-refractivity contribution < 1.29 is 19.1 Å². The van der Waals surface area contributed by atoms with E-state index in [9.17, 15) is 9.59 Å². The second kappa shape index (κ2) is 8.74. The summed E-state index contributed by atoms with van der Waals surface area (Å²) in [5.41, 5.74) is 4.73. The molecule has 2 fully saturated rings. The molecule has 5 rings (SSSR count). The summed E-state index contributed by atoms with van der Waals surface area (Å²) in [6.45, 7) is 0.244. The molecule has 0 bridgehead atoms. The van der Waals surface area contributed by atoms with Crippen molar-refractivity contribution in [1.29, 1.82) is 0 Å². The molecule has 0 saturated heterocycles. The number of nitrogens with one attached hydrogen (secondary N) is 1. The van der Waals surface area contributed by atoms with Crippen LogP contribution in [0.1, 0.15) is 62.0 Å². The summed E-state index contributed by atoms with van der Waals surface area (Å²) in [7, 11) is 0. The van der Waals surface area contributed by atoms with Crippen molar-refractivity contribution in [2.45, 2.75) is 63.0 Å². The quantitative estimate of drug-likeness (QED) is 0.628. The number of amides is 1. The van der Waals surface area contributed by atoms with Crippen LogP contribution in [-0.2, 0) is 14.3 Å². The summed E-state index contributed by atoms with van der Waals surface area (Å²) in [5.74, 6) is 0.188. The topological polar surface area (TPSA) is 64.6 Å². The van der Waals surface area contributed by atoms with E-state index in [1.807, 2.05) is 24.3 Å². The van der Waals surface area contributed by atoms with Crippen LogP contribution in [0.25, 0.3) is 11.1 Å². The largest absolute Gasteiger partial charge is 0.461 e. The third kappa shape index (κ3) is 4.46.